The van der Waals surface area contributed by atoms with Crippen molar-refractivity contribution in [1.82, 2.24) is 20.0 Å². The van der Waals surface area contributed by atoms with E-state index in [1.165, 1.54) is 12.8 Å². The summed E-state index contributed by atoms with van der Waals surface area (Å²) < 4.78 is 7.20. The van der Waals surface area contributed by atoms with E-state index in [1.807, 2.05) is 37.5 Å². The van der Waals surface area contributed by atoms with Gasteiger partial charge in [-0.25, -0.2) is 0 Å². The van der Waals surface area contributed by atoms with E-state index in [-0.39, 0.29) is 11.9 Å². The first kappa shape index (κ1) is 17.1. The third-order valence-corrected chi connectivity index (χ3v) is 5.47. The van der Waals surface area contributed by atoms with E-state index in [9.17, 15) is 4.79 Å². The molecule has 2 heterocycles. The van der Waals surface area contributed by atoms with Crippen molar-refractivity contribution in [3.05, 3.63) is 36.0 Å². The number of benzene rings is 1. The Morgan fingerprint density at radius 2 is 2.08 bits per heavy atom. The van der Waals surface area contributed by atoms with Crippen molar-refractivity contribution in [2.45, 2.75) is 31.8 Å². The molecule has 2 aromatic rings. The lowest BCUT2D eigenvalue weighted by molar-refractivity contribution is 0.0931. The van der Waals surface area contributed by atoms with Gasteiger partial charge in [0.15, 0.2) is 0 Å². The molecular weight excluding hydrogens is 328 g/mol. The monoisotopic (exact) mass is 354 g/mol. The summed E-state index contributed by atoms with van der Waals surface area (Å²) >= 11 is 0. The number of hydrogen-bond donors (Lipinski definition) is 1. The van der Waals surface area contributed by atoms with Gasteiger partial charge in [0.1, 0.15) is 5.75 Å². The van der Waals surface area contributed by atoms with Gasteiger partial charge in [-0.2, -0.15) is 5.10 Å². The molecule has 1 aromatic carbocycles. The summed E-state index contributed by atoms with van der Waals surface area (Å²) in [5.41, 5.74) is 2.27. The van der Waals surface area contributed by atoms with Gasteiger partial charge >= 0.3 is 0 Å². The first-order valence-corrected chi connectivity index (χ1v) is 9.28. The number of ether oxygens (including phenoxy) is 1. The predicted octanol–water partition coefficient (Wildman–Crippen LogP) is 2.31. The molecule has 0 spiro atoms. The second kappa shape index (κ2) is 6.76. The number of rotatable bonds is 5. The van der Waals surface area contributed by atoms with Crippen LogP contribution in [-0.2, 0) is 7.05 Å². The average Bonchev–Trinajstić information content (AvgIpc) is 3.31. The fourth-order valence-corrected chi connectivity index (χ4v) is 3.79. The van der Waals surface area contributed by atoms with Crippen molar-refractivity contribution >= 4 is 5.91 Å². The topological polar surface area (TPSA) is 59.4 Å². The van der Waals surface area contributed by atoms with Gasteiger partial charge in [-0.05, 0) is 43.0 Å². The molecule has 26 heavy (non-hydrogen) atoms. The average molecular weight is 354 g/mol. The van der Waals surface area contributed by atoms with Crippen LogP contribution in [0.25, 0.3) is 11.3 Å². The molecule has 0 radical (unpaired) electrons. The van der Waals surface area contributed by atoms with E-state index in [1.54, 1.807) is 11.8 Å². The van der Waals surface area contributed by atoms with Crippen LogP contribution < -0.4 is 10.1 Å². The zero-order valence-electron chi connectivity index (χ0n) is 15.6. The maximum Gasteiger partial charge on any atom is 0.251 e. The second-order valence-electron chi connectivity index (χ2n) is 7.53. The minimum absolute atomic E-state index is 0.0284. The highest BCUT2D eigenvalue weighted by atomic mass is 16.5. The number of methoxy groups -OCH3 is 1. The molecule has 1 saturated carbocycles. The summed E-state index contributed by atoms with van der Waals surface area (Å²) in [5, 5.41) is 7.67. The van der Waals surface area contributed by atoms with Crippen LogP contribution >= 0.6 is 0 Å². The van der Waals surface area contributed by atoms with Gasteiger partial charge in [0.2, 0.25) is 0 Å². The molecule has 1 amide bonds. The zero-order valence-corrected chi connectivity index (χ0v) is 15.6. The molecule has 1 N–H and O–H groups in total. The lowest BCUT2D eigenvalue weighted by Gasteiger charge is -2.17. The molecule has 6 heteroatoms. The van der Waals surface area contributed by atoms with Crippen LogP contribution in [0.2, 0.25) is 0 Å². The highest BCUT2D eigenvalue weighted by molar-refractivity contribution is 5.96. The fourth-order valence-electron chi connectivity index (χ4n) is 3.79. The SMILES string of the molecule is COc1ccc(C(=O)N[C@H]2CN(C3CC3)C[C@@H]2C)cc1-c1ccn(C)n1. The number of aryl methyl sites for hydroxylation is 1. The van der Waals surface area contributed by atoms with Gasteiger partial charge in [-0.1, -0.05) is 6.92 Å². The molecule has 1 aliphatic carbocycles. The van der Waals surface area contributed by atoms with Gasteiger partial charge in [0.05, 0.1) is 12.8 Å². The van der Waals surface area contributed by atoms with Gasteiger partial charge < -0.3 is 10.1 Å². The van der Waals surface area contributed by atoms with E-state index in [0.717, 1.165) is 36.1 Å². The lowest BCUT2D eigenvalue weighted by Crippen LogP contribution is -2.40. The standard InChI is InChI=1S/C20H26N4O2/c1-13-11-24(15-5-6-15)12-18(13)21-20(25)14-4-7-19(26-3)16(10-14)17-8-9-23(2)22-17/h4,7-10,13,15,18H,5-6,11-12H2,1-3H3,(H,21,25)/t13-,18-/m0/s1. The molecule has 2 fully saturated rings. The number of carbonyl (C=O) groups is 1. The molecule has 2 aliphatic rings. The van der Waals surface area contributed by atoms with Gasteiger partial charge in [-0.15, -0.1) is 0 Å². The van der Waals surface area contributed by atoms with Crippen molar-refractivity contribution in [2.24, 2.45) is 13.0 Å². The van der Waals surface area contributed by atoms with Crippen LogP contribution in [0, 0.1) is 5.92 Å². The summed E-state index contributed by atoms with van der Waals surface area (Å²) in [6.07, 6.45) is 4.49. The van der Waals surface area contributed by atoms with Crippen LogP contribution in [0.1, 0.15) is 30.1 Å². The smallest absolute Gasteiger partial charge is 0.251 e. The van der Waals surface area contributed by atoms with E-state index in [2.05, 4.69) is 22.2 Å². The summed E-state index contributed by atoms with van der Waals surface area (Å²) in [5.74, 6) is 1.17. The molecule has 1 aliphatic heterocycles. The largest absolute Gasteiger partial charge is 0.496 e. The van der Waals surface area contributed by atoms with Crippen LogP contribution in [0.3, 0.4) is 0 Å². The third-order valence-electron chi connectivity index (χ3n) is 5.47. The first-order chi connectivity index (χ1) is 12.5. The highest BCUT2D eigenvalue weighted by Gasteiger charge is 2.38. The Hall–Kier alpha value is -2.34. The number of amides is 1. The summed E-state index contributed by atoms with van der Waals surface area (Å²) in [7, 11) is 3.51. The fraction of sp³-hybridized carbons (Fsp3) is 0.500. The number of nitrogens with one attached hydrogen (secondary N) is 1. The van der Waals surface area contributed by atoms with E-state index in [4.69, 9.17) is 4.74 Å². The Morgan fingerprint density at radius 3 is 2.73 bits per heavy atom. The Balaban J connectivity index is 1.52. The van der Waals surface area contributed by atoms with Crippen molar-refractivity contribution < 1.29 is 9.53 Å². The minimum atomic E-state index is -0.0284. The van der Waals surface area contributed by atoms with Crippen LogP contribution in [-0.4, -0.2) is 52.9 Å². The number of nitrogens with zero attached hydrogens (tertiary/aromatic N) is 3. The first-order valence-electron chi connectivity index (χ1n) is 9.28. The van der Waals surface area contributed by atoms with Crippen LogP contribution in [0.4, 0.5) is 0 Å². The quantitative estimate of drug-likeness (QED) is 0.895. The number of hydrogen-bond acceptors (Lipinski definition) is 4. The minimum Gasteiger partial charge on any atom is -0.496 e. The third kappa shape index (κ3) is 3.33. The normalized spacial score (nSPS) is 23.2. The molecule has 138 valence electrons. The maximum atomic E-state index is 12.8. The highest BCUT2D eigenvalue weighted by Crippen LogP contribution is 2.32. The number of carbonyl (C=O) groups excluding carboxylic acids is 1. The molecule has 2 atom stereocenters. The second-order valence-corrected chi connectivity index (χ2v) is 7.53. The molecular formula is C20H26N4O2. The maximum absolute atomic E-state index is 12.8. The molecule has 0 unspecified atom stereocenters. The molecule has 1 aromatic heterocycles. The number of aromatic nitrogens is 2. The molecule has 1 saturated heterocycles. The Labute approximate surface area is 154 Å². The number of likely N-dealkylation sites (tertiary alicyclic amines) is 1. The Kier molecular flexibility index (Phi) is 4.44. The van der Waals surface area contributed by atoms with Gasteiger partial charge in [-0.3, -0.25) is 14.4 Å². The van der Waals surface area contributed by atoms with Crippen molar-refractivity contribution in [2.75, 3.05) is 20.2 Å². The van der Waals surface area contributed by atoms with Crippen LogP contribution in [0.15, 0.2) is 30.5 Å². The Morgan fingerprint density at radius 1 is 1.27 bits per heavy atom. The molecule has 0 bridgehead atoms. The van der Waals surface area contributed by atoms with Crippen molar-refractivity contribution in [3.63, 3.8) is 0 Å². The lowest BCUT2D eigenvalue weighted by atomic mass is 10.0. The summed E-state index contributed by atoms with van der Waals surface area (Å²) in [4.78, 5) is 15.3. The molecule has 6 nitrogen and oxygen atoms in total. The Bertz CT molecular complexity index is 812. The van der Waals surface area contributed by atoms with Crippen LogP contribution in [0.5, 0.6) is 5.75 Å². The summed E-state index contributed by atoms with van der Waals surface area (Å²) in [6, 6.07) is 8.41. The van der Waals surface area contributed by atoms with Crippen molar-refractivity contribution in [3.8, 4) is 17.0 Å². The van der Waals surface area contributed by atoms with Crippen molar-refractivity contribution in [1.29, 1.82) is 0 Å². The van der Waals surface area contributed by atoms with E-state index >= 15 is 0 Å². The zero-order chi connectivity index (χ0) is 18.3. The van der Waals surface area contributed by atoms with Gasteiger partial charge in [0.25, 0.3) is 5.91 Å². The van der Waals surface area contributed by atoms with E-state index in [0.29, 0.717) is 11.5 Å². The van der Waals surface area contributed by atoms with Gasteiger partial charge in [0, 0.05) is 49.5 Å². The predicted molar refractivity (Wildman–Crippen MR) is 100 cm³/mol. The summed E-state index contributed by atoms with van der Waals surface area (Å²) in [6.45, 7) is 4.26. The molecule has 4 rings (SSSR count). The van der Waals surface area contributed by atoms with E-state index < -0.39 is 0 Å².